The molecule has 0 radical (unpaired) electrons. The number of thiophene rings is 1. The van der Waals surface area contributed by atoms with Gasteiger partial charge in [0.15, 0.2) is 11.5 Å². The lowest BCUT2D eigenvalue weighted by Crippen LogP contribution is -2.41. The van der Waals surface area contributed by atoms with Crippen LogP contribution in [0.4, 0.5) is 0 Å². The van der Waals surface area contributed by atoms with Crippen molar-refractivity contribution in [2.45, 2.75) is 12.8 Å². The molecule has 27 heavy (non-hydrogen) atoms. The third-order valence-electron chi connectivity index (χ3n) is 4.83. The molecule has 3 rings (SSSR count). The zero-order valence-electron chi connectivity index (χ0n) is 15.6. The van der Waals surface area contributed by atoms with E-state index in [1.807, 2.05) is 22.4 Å². The summed E-state index contributed by atoms with van der Waals surface area (Å²) in [5.74, 6) is 1.53. The van der Waals surface area contributed by atoms with Gasteiger partial charge >= 0.3 is 0 Å². The standard InChI is InChI=1S/C20H24N2O4S/c1-25-16-6-5-15(12-17(16)26-2)20(24)22-9-7-14(8-10-22)13-21-19(23)18-4-3-11-27-18/h3-6,11-12,14H,7-10,13H2,1-2H3,(H,21,23). The highest BCUT2D eigenvalue weighted by Crippen LogP contribution is 2.28. The lowest BCUT2D eigenvalue weighted by molar-refractivity contribution is 0.0684. The zero-order chi connectivity index (χ0) is 19.2. The van der Waals surface area contributed by atoms with Crippen LogP contribution in [0.3, 0.4) is 0 Å². The Bertz CT molecular complexity index is 783. The summed E-state index contributed by atoms with van der Waals surface area (Å²) in [6.07, 6.45) is 1.76. The van der Waals surface area contributed by atoms with Gasteiger partial charge in [0.05, 0.1) is 19.1 Å². The van der Waals surface area contributed by atoms with E-state index in [0.29, 0.717) is 42.6 Å². The number of piperidine rings is 1. The molecule has 7 heteroatoms. The summed E-state index contributed by atoms with van der Waals surface area (Å²) < 4.78 is 10.5. The van der Waals surface area contributed by atoms with Crippen molar-refractivity contribution in [2.75, 3.05) is 33.9 Å². The van der Waals surface area contributed by atoms with E-state index in [1.165, 1.54) is 11.3 Å². The van der Waals surface area contributed by atoms with Gasteiger partial charge in [0.1, 0.15) is 0 Å². The topological polar surface area (TPSA) is 67.9 Å². The molecule has 0 aliphatic carbocycles. The van der Waals surface area contributed by atoms with Gasteiger partial charge in [-0.15, -0.1) is 11.3 Å². The van der Waals surface area contributed by atoms with Crippen molar-refractivity contribution < 1.29 is 19.1 Å². The third-order valence-corrected chi connectivity index (χ3v) is 5.70. The molecule has 144 valence electrons. The van der Waals surface area contributed by atoms with E-state index in [4.69, 9.17) is 9.47 Å². The molecule has 1 saturated heterocycles. The molecule has 6 nitrogen and oxygen atoms in total. The maximum atomic E-state index is 12.8. The Kier molecular flexibility index (Phi) is 6.34. The van der Waals surface area contributed by atoms with Crippen molar-refractivity contribution in [1.82, 2.24) is 10.2 Å². The molecule has 1 fully saturated rings. The maximum Gasteiger partial charge on any atom is 0.261 e. The van der Waals surface area contributed by atoms with Gasteiger partial charge in [0, 0.05) is 25.2 Å². The average Bonchev–Trinajstić information content (AvgIpc) is 3.26. The smallest absolute Gasteiger partial charge is 0.261 e. The van der Waals surface area contributed by atoms with E-state index in [0.717, 1.165) is 17.7 Å². The first-order chi connectivity index (χ1) is 13.1. The molecule has 1 aromatic carbocycles. The Balaban J connectivity index is 1.51. The number of hydrogen-bond donors (Lipinski definition) is 1. The highest BCUT2D eigenvalue weighted by molar-refractivity contribution is 7.12. The summed E-state index contributed by atoms with van der Waals surface area (Å²) in [6.45, 7) is 2.02. The van der Waals surface area contributed by atoms with Crippen LogP contribution >= 0.6 is 11.3 Å². The van der Waals surface area contributed by atoms with Gasteiger partial charge in [-0.3, -0.25) is 9.59 Å². The molecule has 0 unspecified atom stereocenters. The minimum Gasteiger partial charge on any atom is -0.493 e. The Morgan fingerprint density at radius 3 is 2.52 bits per heavy atom. The fourth-order valence-electron chi connectivity index (χ4n) is 3.22. The number of hydrogen-bond acceptors (Lipinski definition) is 5. The average molecular weight is 388 g/mol. The van der Waals surface area contributed by atoms with Crippen molar-refractivity contribution in [2.24, 2.45) is 5.92 Å². The Labute approximate surface area is 163 Å². The van der Waals surface area contributed by atoms with E-state index in [9.17, 15) is 9.59 Å². The van der Waals surface area contributed by atoms with Gasteiger partial charge in [-0.2, -0.15) is 0 Å². The highest BCUT2D eigenvalue weighted by atomic mass is 32.1. The SMILES string of the molecule is COc1ccc(C(=O)N2CCC(CNC(=O)c3cccs3)CC2)cc1OC. The van der Waals surface area contributed by atoms with Crippen LogP contribution in [0.2, 0.25) is 0 Å². The normalized spacial score (nSPS) is 14.7. The molecule has 1 aliphatic heterocycles. The monoisotopic (exact) mass is 388 g/mol. The number of ether oxygens (including phenoxy) is 2. The largest absolute Gasteiger partial charge is 0.493 e. The van der Waals surface area contributed by atoms with Crippen molar-refractivity contribution in [1.29, 1.82) is 0 Å². The third kappa shape index (κ3) is 4.60. The first-order valence-corrected chi connectivity index (χ1v) is 9.83. The molecule has 1 aromatic heterocycles. The molecule has 1 N–H and O–H groups in total. The van der Waals surface area contributed by atoms with Gasteiger partial charge in [0.2, 0.25) is 0 Å². The summed E-state index contributed by atoms with van der Waals surface area (Å²) in [6, 6.07) is 8.92. The number of benzene rings is 1. The van der Waals surface area contributed by atoms with Crippen molar-refractivity contribution in [3.05, 3.63) is 46.2 Å². The highest BCUT2D eigenvalue weighted by Gasteiger charge is 2.24. The molecule has 0 atom stereocenters. The number of carbonyl (C=O) groups excluding carboxylic acids is 2. The molecule has 2 amide bonds. The molecule has 0 bridgehead atoms. The zero-order valence-corrected chi connectivity index (χ0v) is 16.4. The van der Waals surface area contributed by atoms with Gasteiger partial charge in [-0.1, -0.05) is 6.07 Å². The fraction of sp³-hybridized carbons (Fsp3) is 0.400. The van der Waals surface area contributed by atoms with Crippen LogP contribution in [0.5, 0.6) is 11.5 Å². The number of likely N-dealkylation sites (tertiary alicyclic amines) is 1. The van der Waals surface area contributed by atoms with Gasteiger partial charge in [0.25, 0.3) is 11.8 Å². The Hall–Kier alpha value is -2.54. The van der Waals surface area contributed by atoms with E-state index >= 15 is 0 Å². The summed E-state index contributed by atoms with van der Waals surface area (Å²) in [5, 5.41) is 4.89. The van der Waals surface area contributed by atoms with Crippen LogP contribution in [-0.2, 0) is 0 Å². The number of amides is 2. The van der Waals surface area contributed by atoms with E-state index in [2.05, 4.69) is 5.32 Å². The van der Waals surface area contributed by atoms with Crippen molar-refractivity contribution in [3.8, 4) is 11.5 Å². The van der Waals surface area contributed by atoms with Crippen molar-refractivity contribution in [3.63, 3.8) is 0 Å². The predicted octanol–water partition coefficient (Wildman–Crippen LogP) is 3.05. The second-order valence-corrected chi connectivity index (χ2v) is 7.44. The van der Waals surface area contributed by atoms with Crippen LogP contribution in [0.15, 0.2) is 35.7 Å². The molecule has 0 spiro atoms. The molecule has 2 heterocycles. The van der Waals surface area contributed by atoms with Crippen LogP contribution in [0, 0.1) is 5.92 Å². The summed E-state index contributed by atoms with van der Waals surface area (Å²) in [7, 11) is 3.13. The van der Waals surface area contributed by atoms with Crippen molar-refractivity contribution >= 4 is 23.2 Å². The molecule has 0 saturated carbocycles. The fourth-order valence-corrected chi connectivity index (χ4v) is 3.86. The minimum absolute atomic E-state index is 0.00276. The maximum absolute atomic E-state index is 12.8. The lowest BCUT2D eigenvalue weighted by atomic mass is 9.96. The number of methoxy groups -OCH3 is 2. The second-order valence-electron chi connectivity index (χ2n) is 6.49. The number of nitrogens with zero attached hydrogens (tertiary/aromatic N) is 1. The van der Waals surface area contributed by atoms with Crippen LogP contribution < -0.4 is 14.8 Å². The van der Waals surface area contributed by atoms with Crippen LogP contribution in [0.25, 0.3) is 0 Å². The quantitative estimate of drug-likeness (QED) is 0.826. The van der Waals surface area contributed by atoms with Gasteiger partial charge in [-0.25, -0.2) is 0 Å². The molecular weight excluding hydrogens is 364 g/mol. The van der Waals surface area contributed by atoms with Crippen LogP contribution in [0.1, 0.15) is 32.9 Å². The van der Waals surface area contributed by atoms with Gasteiger partial charge in [-0.05, 0) is 48.4 Å². The van der Waals surface area contributed by atoms with Crippen LogP contribution in [-0.4, -0.2) is 50.6 Å². The first kappa shape index (κ1) is 19.2. The van der Waals surface area contributed by atoms with E-state index < -0.39 is 0 Å². The molecule has 2 aromatic rings. The molecular formula is C20H24N2O4S. The Morgan fingerprint density at radius 2 is 1.89 bits per heavy atom. The summed E-state index contributed by atoms with van der Waals surface area (Å²) in [5.41, 5.74) is 0.595. The summed E-state index contributed by atoms with van der Waals surface area (Å²) in [4.78, 5) is 27.4. The second kappa shape index (κ2) is 8.90. The first-order valence-electron chi connectivity index (χ1n) is 8.95. The summed E-state index contributed by atoms with van der Waals surface area (Å²) >= 11 is 1.44. The minimum atomic E-state index is -0.0196. The van der Waals surface area contributed by atoms with E-state index in [-0.39, 0.29) is 11.8 Å². The predicted molar refractivity (Wildman–Crippen MR) is 105 cm³/mol. The van der Waals surface area contributed by atoms with E-state index in [1.54, 1.807) is 32.4 Å². The molecule has 1 aliphatic rings. The number of rotatable bonds is 6. The Morgan fingerprint density at radius 1 is 1.15 bits per heavy atom. The number of nitrogens with one attached hydrogen (secondary N) is 1. The number of carbonyl (C=O) groups is 2. The lowest BCUT2D eigenvalue weighted by Gasteiger charge is -2.32. The van der Waals surface area contributed by atoms with Gasteiger partial charge < -0.3 is 19.7 Å².